The molecule has 3 aromatic carbocycles. The number of nitrogens with one attached hydrogen (secondary N) is 1. The Balaban J connectivity index is 1.31. The number of aryl methyl sites for hydroxylation is 2. The van der Waals surface area contributed by atoms with Crippen LogP contribution in [0.15, 0.2) is 78.9 Å². The minimum absolute atomic E-state index is 0.546. The van der Waals surface area contributed by atoms with Gasteiger partial charge in [-0.3, -0.25) is 0 Å². The number of benzene rings is 3. The van der Waals surface area contributed by atoms with E-state index in [-0.39, 0.29) is 0 Å². The van der Waals surface area contributed by atoms with Crippen molar-refractivity contribution in [2.75, 3.05) is 6.54 Å². The van der Waals surface area contributed by atoms with Crippen LogP contribution in [0.3, 0.4) is 0 Å². The topological polar surface area (TPSA) is 21.3 Å². The van der Waals surface area contributed by atoms with Gasteiger partial charge in [0.15, 0.2) is 0 Å². The van der Waals surface area contributed by atoms with Crippen LogP contribution in [0.5, 0.6) is 5.75 Å². The quantitative estimate of drug-likeness (QED) is 0.539. The van der Waals surface area contributed by atoms with Gasteiger partial charge in [0.05, 0.1) is 0 Å². The number of rotatable bonds is 8. The third-order valence-corrected chi connectivity index (χ3v) is 5.60. The molecule has 0 heterocycles. The number of ether oxygens (including phenoxy) is 1. The van der Waals surface area contributed by atoms with Gasteiger partial charge in [-0.05, 0) is 67.0 Å². The van der Waals surface area contributed by atoms with Crippen molar-refractivity contribution in [3.63, 3.8) is 0 Å². The average molecular weight is 372 g/mol. The van der Waals surface area contributed by atoms with Crippen LogP contribution in [0.25, 0.3) is 0 Å². The van der Waals surface area contributed by atoms with E-state index < -0.39 is 0 Å². The second kappa shape index (κ2) is 9.57. The molecule has 1 atom stereocenters. The lowest BCUT2D eigenvalue weighted by Gasteiger charge is -2.27. The van der Waals surface area contributed by atoms with Gasteiger partial charge < -0.3 is 10.1 Å². The molecule has 2 nitrogen and oxygen atoms in total. The number of hydrogen-bond donors (Lipinski definition) is 1. The Morgan fingerprint density at radius 2 is 1.57 bits per heavy atom. The molecule has 0 saturated heterocycles. The van der Waals surface area contributed by atoms with E-state index in [1.54, 1.807) is 0 Å². The molecule has 3 aromatic rings. The first-order valence-electron chi connectivity index (χ1n) is 10.4. The lowest BCUT2D eigenvalue weighted by molar-refractivity contribution is 0.299. The van der Waals surface area contributed by atoms with Crippen LogP contribution in [0.2, 0.25) is 0 Å². The molecule has 0 radical (unpaired) electrons. The maximum Gasteiger partial charge on any atom is 0.123 e. The fourth-order valence-corrected chi connectivity index (χ4v) is 4.04. The molecule has 144 valence electrons. The van der Waals surface area contributed by atoms with Gasteiger partial charge in [0.25, 0.3) is 0 Å². The predicted octanol–water partition coefficient (Wildman–Crippen LogP) is 5.35. The van der Waals surface area contributed by atoms with Crippen LogP contribution in [0.1, 0.15) is 35.1 Å². The number of fused-ring (bicyclic) bond motifs is 1. The van der Waals surface area contributed by atoms with Crippen LogP contribution in [-0.4, -0.2) is 12.6 Å². The van der Waals surface area contributed by atoms with Crippen LogP contribution in [-0.2, 0) is 25.9 Å². The molecule has 1 aliphatic carbocycles. The summed E-state index contributed by atoms with van der Waals surface area (Å²) in [5, 5.41) is 3.78. The summed E-state index contributed by atoms with van der Waals surface area (Å²) >= 11 is 0. The smallest absolute Gasteiger partial charge is 0.123 e. The molecule has 0 bridgehead atoms. The molecule has 1 N–H and O–H groups in total. The van der Waals surface area contributed by atoms with Crippen LogP contribution < -0.4 is 10.1 Å². The maximum absolute atomic E-state index is 6.19. The third-order valence-electron chi connectivity index (χ3n) is 5.60. The Bertz CT molecular complexity index is 860. The van der Waals surface area contributed by atoms with E-state index in [2.05, 4.69) is 78.1 Å². The van der Waals surface area contributed by atoms with Crippen LogP contribution in [0, 0.1) is 0 Å². The van der Waals surface area contributed by atoms with Crippen molar-refractivity contribution in [1.82, 2.24) is 5.32 Å². The summed E-state index contributed by atoms with van der Waals surface area (Å²) in [4.78, 5) is 0. The van der Waals surface area contributed by atoms with Crippen LogP contribution in [0.4, 0.5) is 0 Å². The van der Waals surface area contributed by atoms with Gasteiger partial charge in [0.2, 0.25) is 0 Å². The van der Waals surface area contributed by atoms with E-state index >= 15 is 0 Å². The summed E-state index contributed by atoms with van der Waals surface area (Å²) in [5.74, 6) is 1.05. The summed E-state index contributed by atoms with van der Waals surface area (Å²) in [5.41, 5.74) is 5.49. The van der Waals surface area contributed by atoms with E-state index in [0.717, 1.165) is 31.6 Å². The van der Waals surface area contributed by atoms with Crippen molar-refractivity contribution in [3.05, 3.63) is 101 Å². The summed E-state index contributed by atoms with van der Waals surface area (Å²) in [7, 11) is 0. The molecule has 0 aliphatic heterocycles. The van der Waals surface area contributed by atoms with Gasteiger partial charge in [0.1, 0.15) is 12.4 Å². The van der Waals surface area contributed by atoms with Crippen LogP contribution >= 0.6 is 0 Å². The molecule has 1 aliphatic rings. The third kappa shape index (κ3) is 5.02. The molecule has 0 amide bonds. The highest BCUT2D eigenvalue weighted by Crippen LogP contribution is 2.30. The van der Waals surface area contributed by atoms with E-state index in [9.17, 15) is 0 Å². The molecule has 28 heavy (non-hydrogen) atoms. The zero-order chi connectivity index (χ0) is 19.0. The largest absolute Gasteiger partial charge is 0.489 e. The van der Waals surface area contributed by atoms with E-state index in [0.29, 0.717) is 12.6 Å². The zero-order valence-electron chi connectivity index (χ0n) is 16.4. The second-order valence-corrected chi connectivity index (χ2v) is 7.65. The summed E-state index contributed by atoms with van der Waals surface area (Å²) in [6.45, 7) is 1.70. The predicted molar refractivity (Wildman–Crippen MR) is 116 cm³/mol. The van der Waals surface area contributed by atoms with Gasteiger partial charge in [0, 0.05) is 6.04 Å². The molecule has 1 unspecified atom stereocenters. The Kier molecular flexibility index (Phi) is 6.41. The highest BCUT2D eigenvalue weighted by atomic mass is 16.5. The first kappa shape index (κ1) is 18.8. The van der Waals surface area contributed by atoms with Crippen molar-refractivity contribution in [3.8, 4) is 5.75 Å². The fraction of sp³-hybridized carbons (Fsp3) is 0.308. The monoisotopic (exact) mass is 371 g/mol. The van der Waals surface area contributed by atoms with Gasteiger partial charge in [-0.1, -0.05) is 72.8 Å². The highest BCUT2D eigenvalue weighted by Gasteiger charge is 2.21. The Labute approximate surface area is 168 Å². The first-order chi connectivity index (χ1) is 13.9. The fourth-order valence-electron chi connectivity index (χ4n) is 4.04. The summed E-state index contributed by atoms with van der Waals surface area (Å²) < 4.78 is 6.19. The minimum Gasteiger partial charge on any atom is -0.489 e. The normalized spacial score (nSPS) is 15.8. The first-order valence-corrected chi connectivity index (χ1v) is 10.4. The molecule has 0 fully saturated rings. The van der Waals surface area contributed by atoms with Crippen molar-refractivity contribution < 1.29 is 4.74 Å². The van der Waals surface area contributed by atoms with Gasteiger partial charge in [-0.15, -0.1) is 0 Å². The van der Waals surface area contributed by atoms with Gasteiger partial charge >= 0.3 is 0 Å². The lowest BCUT2D eigenvalue weighted by atomic mass is 9.87. The summed E-state index contributed by atoms with van der Waals surface area (Å²) in [6, 6.07) is 28.2. The van der Waals surface area contributed by atoms with Gasteiger partial charge in [-0.2, -0.15) is 0 Å². The lowest BCUT2D eigenvalue weighted by Crippen LogP contribution is -2.35. The average Bonchev–Trinajstić information content (AvgIpc) is 2.76. The Morgan fingerprint density at radius 1 is 0.821 bits per heavy atom. The molecule has 0 aromatic heterocycles. The van der Waals surface area contributed by atoms with E-state index in [1.165, 1.54) is 35.1 Å². The van der Waals surface area contributed by atoms with E-state index in [1.807, 2.05) is 6.07 Å². The molecule has 0 spiro atoms. The molecule has 4 rings (SSSR count). The zero-order valence-corrected chi connectivity index (χ0v) is 16.4. The van der Waals surface area contributed by atoms with Crippen molar-refractivity contribution in [2.45, 2.75) is 44.8 Å². The maximum atomic E-state index is 6.19. The number of hydrogen-bond acceptors (Lipinski definition) is 2. The van der Waals surface area contributed by atoms with Crippen molar-refractivity contribution in [2.24, 2.45) is 0 Å². The standard InChI is InChI=1S/C26H29NO/c1-3-9-21(10-4-1)13-8-18-27-24-17-16-23-14-7-15-26(25(23)19-24)28-20-22-11-5-2-6-12-22/h1-7,9-12,14-15,24,27H,8,13,16-20H2. The van der Waals surface area contributed by atoms with E-state index in [4.69, 9.17) is 4.74 Å². The summed E-state index contributed by atoms with van der Waals surface area (Å²) in [6.07, 6.45) is 5.72. The highest BCUT2D eigenvalue weighted by molar-refractivity contribution is 5.42. The molecular formula is C26H29NO. The van der Waals surface area contributed by atoms with Crippen molar-refractivity contribution >= 4 is 0 Å². The Morgan fingerprint density at radius 3 is 2.36 bits per heavy atom. The van der Waals surface area contributed by atoms with Gasteiger partial charge in [-0.25, -0.2) is 0 Å². The second-order valence-electron chi connectivity index (χ2n) is 7.65. The molecular weight excluding hydrogens is 342 g/mol. The SMILES string of the molecule is c1ccc(CCCNC2CCc3cccc(OCc4ccccc4)c3C2)cc1. The molecule has 2 heteroatoms. The molecule has 0 saturated carbocycles. The Hall–Kier alpha value is -2.58. The minimum atomic E-state index is 0.546. The van der Waals surface area contributed by atoms with Crippen molar-refractivity contribution in [1.29, 1.82) is 0 Å².